The molecule has 7 heteroatoms. The summed E-state index contributed by atoms with van der Waals surface area (Å²) in [6, 6.07) is 15.8. The summed E-state index contributed by atoms with van der Waals surface area (Å²) in [6.45, 7) is 4.51. The number of hydrogen-bond acceptors (Lipinski definition) is 5. The van der Waals surface area contributed by atoms with Crippen LogP contribution < -0.4 is 10.1 Å². The molecule has 1 N–H and O–H groups in total. The summed E-state index contributed by atoms with van der Waals surface area (Å²) < 4.78 is 6.35. The van der Waals surface area contributed by atoms with Crippen LogP contribution in [0.25, 0.3) is 0 Å². The summed E-state index contributed by atoms with van der Waals surface area (Å²) in [5.74, 6) is -0.0737. The molecule has 2 saturated heterocycles. The first-order chi connectivity index (χ1) is 16.0. The molecule has 2 aromatic rings. The molecular formula is C26H29N3O4. The smallest absolute Gasteiger partial charge is 0.255 e. The van der Waals surface area contributed by atoms with Gasteiger partial charge in [0.15, 0.2) is 0 Å². The van der Waals surface area contributed by atoms with Gasteiger partial charge in [0, 0.05) is 31.1 Å². The summed E-state index contributed by atoms with van der Waals surface area (Å²) in [7, 11) is 0. The molecule has 3 aliphatic heterocycles. The predicted octanol–water partition coefficient (Wildman–Crippen LogP) is 3.05. The average molecular weight is 448 g/mol. The Balaban J connectivity index is 1.25. The van der Waals surface area contributed by atoms with Gasteiger partial charge in [-0.1, -0.05) is 30.3 Å². The van der Waals surface area contributed by atoms with Crippen LogP contribution in [-0.2, 0) is 16.1 Å². The van der Waals surface area contributed by atoms with E-state index >= 15 is 0 Å². The summed E-state index contributed by atoms with van der Waals surface area (Å²) in [4.78, 5) is 40.6. The highest BCUT2D eigenvalue weighted by Crippen LogP contribution is 2.32. The highest BCUT2D eigenvalue weighted by molar-refractivity contribution is 6.05. The van der Waals surface area contributed by atoms with E-state index in [-0.39, 0.29) is 24.3 Å². The van der Waals surface area contributed by atoms with Crippen LogP contribution in [0, 0.1) is 0 Å². The molecule has 0 aliphatic carbocycles. The van der Waals surface area contributed by atoms with Gasteiger partial charge in [0.25, 0.3) is 5.91 Å². The van der Waals surface area contributed by atoms with Crippen LogP contribution in [0.5, 0.6) is 5.75 Å². The third kappa shape index (κ3) is 4.37. The van der Waals surface area contributed by atoms with Gasteiger partial charge in [-0.2, -0.15) is 0 Å². The van der Waals surface area contributed by atoms with Gasteiger partial charge in [0.2, 0.25) is 11.8 Å². The molecule has 3 heterocycles. The number of piperidine rings is 2. The van der Waals surface area contributed by atoms with Crippen molar-refractivity contribution < 1.29 is 19.1 Å². The van der Waals surface area contributed by atoms with Crippen molar-refractivity contribution in [3.8, 4) is 5.75 Å². The average Bonchev–Trinajstić information content (AvgIpc) is 3.15. The third-order valence-electron chi connectivity index (χ3n) is 7.04. The van der Waals surface area contributed by atoms with Crippen molar-refractivity contribution in [3.63, 3.8) is 0 Å². The molecule has 0 radical (unpaired) electrons. The number of ether oxygens (including phenoxy) is 1. The van der Waals surface area contributed by atoms with E-state index in [4.69, 9.17) is 4.74 Å². The maximum atomic E-state index is 12.9. The van der Waals surface area contributed by atoms with E-state index in [2.05, 4.69) is 41.4 Å². The molecule has 2 fully saturated rings. The SMILES string of the molecule is CC(c1ccccc1)N1CCCC(Oc2ccc3c(c2)CN(C2CCC(=O)NC2=O)C3=O)C1. The number of carbonyl (C=O) groups excluding carboxylic acids is 3. The quantitative estimate of drug-likeness (QED) is 0.713. The van der Waals surface area contributed by atoms with Crippen molar-refractivity contribution in [2.45, 2.75) is 57.3 Å². The van der Waals surface area contributed by atoms with Crippen LogP contribution >= 0.6 is 0 Å². The fourth-order valence-corrected chi connectivity index (χ4v) is 5.17. The number of amides is 3. The summed E-state index contributed by atoms with van der Waals surface area (Å²) in [5, 5.41) is 2.34. The minimum absolute atomic E-state index is 0.0892. The Morgan fingerprint density at radius 3 is 2.67 bits per heavy atom. The molecule has 33 heavy (non-hydrogen) atoms. The number of nitrogens with one attached hydrogen (secondary N) is 1. The predicted molar refractivity (Wildman–Crippen MR) is 123 cm³/mol. The van der Waals surface area contributed by atoms with Crippen LogP contribution in [0.4, 0.5) is 0 Å². The molecule has 5 rings (SSSR count). The van der Waals surface area contributed by atoms with E-state index in [1.54, 1.807) is 11.0 Å². The fraction of sp³-hybridized carbons (Fsp3) is 0.423. The molecule has 3 aliphatic rings. The fourth-order valence-electron chi connectivity index (χ4n) is 5.17. The second kappa shape index (κ2) is 8.98. The Bertz CT molecular complexity index is 1070. The van der Waals surface area contributed by atoms with Crippen LogP contribution in [0.2, 0.25) is 0 Å². The van der Waals surface area contributed by atoms with Crippen molar-refractivity contribution in [1.82, 2.24) is 15.1 Å². The van der Waals surface area contributed by atoms with E-state index in [0.29, 0.717) is 24.6 Å². The van der Waals surface area contributed by atoms with Gasteiger partial charge in [0.1, 0.15) is 17.9 Å². The molecule has 0 aromatic heterocycles. The van der Waals surface area contributed by atoms with Gasteiger partial charge in [-0.05, 0) is 62.1 Å². The Kier molecular flexibility index (Phi) is 5.89. The zero-order chi connectivity index (χ0) is 22.9. The van der Waals surface area contributed by atoms with Crippen molar-refractivity contribution in [2.75, 3.05) is 13.1 Å². The van der Waals surface area contributed by atoms with Crippen molar-refractivity contribution in [2.24, 2.45) is 0 Å². The number of benzene rings is 2. The Morgan fingerprint density at radius 1 is 1.06 bits per heavy atom. The molecule has 172 valence electrons. The second-order valence-corrected chi connectivity index (χ2v) is 9.18. The van der Waals surface area contributed by atoms with Crippen LogP contribution in [-0.4, -0.2) is 52.8 Å². The van der Waals surface area contributed by atoms with Gasteiger partial charge < -0.3 is 9.64 Å². The van der Waals surface area contributed by atoms with Crippen LogP contribution in [0.1, 0.15) is 60.1 Å². The number of imide groups is 1. The largest absolute Gasteiger partial charge is 0.489 e. The standard InChI is InChI=1S/C26H29N3O4/c1-17(18-6-3-2-4-7-18)28-13-5-8-21(16-28)33-20-9-10-22-19(14-20)15-29(26(22)32)23-11-12-24(30)27-25(23)31/h2-4,6-7,9-10,14,17,21,23H,5,8,11-13,15-16H2,1H3,(H,27,30,31). The zero-order valence-electron chi connectivity index (χ0n) is 18.8. The molecule has 3 atom stereocenters. The molecule has 3 unspecified atom stereocenters. The number of likely N-dealkylation sites (tertiary alicyclic amines) is 1. The molecular weight excluding hydrogens is 418 g/mol. The molecule has 7 nitrogen and oxygen atoms in total. The van der Waals surface area contributed by atoms with Crippen LogP contribution in [0.3, 0.4) is 0 Å². The van der Waals surface area contributed by atoms with E-state index in [1.165, 1.54) is 5.56 Å². The first kappa shape index (κ1) is 21.6. The maximum Gasteiger partial charge on any atom is 0.255 e. The number of carbonyl (C=O) groups is 3. The normalized spacial score (nSPS) is 24.4. The lowest BCUT2D eigenvalue weighted by atomic mass is 10.0. The minimum atomic E-state index is -0.599. The van der Waals surface area contributed by atoms with Gasteiger partial charge in [-0.25, -0.2) is 0 Å². The first-order valence-corrected chi connectivity index (χ1v) is 11.7. The number of hydrogen-bond donors (Lipinski definition) is 1. The number of fused-ring (bicyclic) bond motifs is 1. The Labute approximate surface area is 193 Å². The molecule has 0 saturated carbocycles. The summed E-state index contributed by atoms with van der Waals surface area (Å²) >= 11 is 0. The lowest BCUT2D eigenvalue weighted by Crippen LogP contribution is -2.52. The van der Waals surface area contributed by atoms with Crippen molar-refractivity contribution in [1.29, 1.82) is 0 Å². The highest BCUT2D eigenvalue weighted by atomic mass is 16.5. The topological polar surface area (TPSA) is 79.0 Å². The first-order valence-electron chi connectivity index (χ1n) is 11.7. The van der Waals surface area contributed by atoms with E-state index in [0.717, 1.165) is 37.2 Å². The molecule has 0 bridgehead atoms. The van der Waals surface area contributed by atoms with Crippen LogP contribution in [0.15, 0.2) is 48.5 Å². The van der Waals surface area contributed by atoms with Gasteiger partial charge in [-0.15, -0.1) is 0 Å². The van der Waals surface area contributed by atoms with Gasteiger partial charge in [-0.3, -0.25) is 24.6 Å². The monoisotopic (exact) mass is 447 g/mol. The van der Waals surface area contributed by atoms with Gasteiger partial charge in [0.05, 0.1) is 0 Å². The van der Waals surface area contributed by atoms with Crippen molar-refractivity contribution >= 4 is 17.7 Å². The number of nitrogens with zero attached hydrogens (tertiary/aromatic N) is 2. The zero-order valence-corrected chi connectivity index (χ0v) is 18.8. The minimum Gasteiger partial charge on any atom is -0.489 e. The Morgan fingerprint density at radius 2 is 1.88 bits per heavy atom. The highest BCUT2D eigenvalue weighted by Gasteiger charge is 2.39. The van der Waals surface area contributed by atoms with Crippen molar-refractivity contribution in [3.05, 3.63) is 65.2 Å². The van der Waals surface area contributed by atoms with E-state index in [1.807, 2.05) is 18.2 Å². The van der Waals surface area contributed by atoms with E-state index < -0.39 is 11.9 Å². The molecule has 2 aromatic carbocycles. The molecule has 0 spiro atoms. The number of rotatable bonds is 5. The van der Waals surface area contributed by atoms with Gasteiger partial charge >= 0.3 is 0 Å². The lowest BCUT2D eigenvalue weighted by Gasteiger charge is -2.37. The Hall–Kier alpha value is -3.19. The summed E-state index contributed by atoms with van der Waals surface area (Å²) in [5.41, 5.74) is 2.78. The second-order valence-electron chi connectivity index (χ2n) is 9.18. The van der Waals surface area contributed by atoms with E-state index in [9.17, 15) is 14.4 Å². The molecule has 3 amide bonds. The maximum absolute atomic E-state index is 12.9. The lowest BCUT2D eigenvalue weighted by molar-refractivity contribution is -0.136. The third-order valence-corrected chi connectivity index (χ3v) is 7.04. The summed E-state index contributed by atoms with van der Waals surface area (Å²) in [6.07, 6.45) is 2.78.